The summed E-state index contributed by atoms with van der Waals surface area (Å²) in [6, 6.07) is 0. The Morgan fingerprint density at radius 3 is 2.91 bits per heavy atom. The van der Waals surface area contributed by atoms with Crippen molar-refractivity contribution in [2.75, 3.05) is 4.61 Å². The minimum Gasteiger partial charge on any atom is -0.345 e. The molecule has 1 unspecified atom stereocenters. The van der Waals surface area contributed by atoms with Crippen molar-refractivity contribution in [1.82, 2.24) is 0 Å². The van der Waals surface area contributed by atoms with Gasteiger partial charge in [0.2, 0.25) is 0 Å². The van der Waals surface area contributed by atoms with Crippen molar-refractivity contribution in [2.45, 2.75) is 11.5 Å². The summed E-state index contributed by atoms with van der Waals surface area (Å²) < 4.78 is 5.86. The van der Waals surface area contributed by atoms with Gasteiger partial charge in [-0.2, -0.15) is 0 Å². The van der Waals surface area contributed by atoms with E-state index in [2.05, 4.69) is 22.6 Å². The summed E-state index contributed by atoms with van der Waals surface area (Å²) in [6.45, 7) is 0. The molecule has 0 aliphatic heterocycles. The molecule has 0 heterocycles. The first kappa shape index (κ1) is 9.84. The van der Waals surface area contributed by atoms with Crippen molar-refractivity contribution in [1.29, 1.82) is 0 Å². The molecule has 1 rings (SSSR count). The van der Waals surface area contributed by atoms with Gasteiger partial charge >= 0.3 is 0 Å². The highest BCUT2D eigenvalue weighted by Gasteiger charge is 2.25. The van der Waals surface area contributed by atoms with Crippen molar-refractivity contribution >= 4 is 45.8 Å². The van der Waals surface area contributed by atoms with Crippen LogP contribution in [0.25, 0.3) is 0 Å². The highest BCUT2D eigenvalue weighted by Crippen LogP contribution is 2.30. The zero-order valence-electron chi connectivity index (χ0n) is 5.69. The first-order valence-electron chi connectivity index (χ1n) is 3.10. The van der Waals surface area contributed by atoms with E-state index in [1.807, 2.05) is 6.08 Å². The largest absolute Gasteiger partial charge is 0.345 e. The maximum absolute atomic E-state index is 6.02. The van der Waals surface area contributed by atoms with Gasteiger partial charge in [-0.25, -0.2) is 0 Å². The zero-order chi connectivity index (χ0) is 8.32. The standard InChI is InChI=1S/C7H7Cl2IO/c8-6-1-3-7(9,4-2-6)11-5-10/h1-3H,4-5H2. The topological polar surface area (TPSA) is 9.23 Å². The molecule has 0 spiro atoms. The molecule has 11 heavy (non-hydrogen) atoms. The van der Waals surface area contributed by atoms with Gasteiger partial charge in [0.15, 0.2) is 5.06 Å². The molecule has 0 saturated heterocycles. The Kier molecular flexibility index (Phi) is 3.68. The van der Waals surface area contributed by atoms with Crippen molar-refractivity contribution < 1.29 is 4.74 Å². The Labute approximate surface area is 89.5 Å². The Bertz CT molecular complexity index is 203. The molecule has 0 amide bonds. The normalized spacial score (nSPS) is 30.3. The molecule has 0 aromatic carbocycles. The second-order valence-electron chi connectivity index (χ2n) is 2.17. The van der Waals surface area contributed by atoms with Crippen LogP contribution in [0, 0.1) is 0 Å². The van der Waals surface area contributed by atoms with Crippen molar-refractivity contribution in [3.63, 3.8) is 0 Å². The van der Waals surface area contributed by atoms with Crippen LogP contribution in [-0.2, 0) is 4.74 Å². The zero-order valence-corrected chi connectivity index (χ0v) is 9.36. The van der Waals surface area contributed by atoms with Gasteiger partial charge in [0.25, 0.3) is 0 Å². The Morgan fingerprint density at radius 2 is 2.45 bits per heavy atom. The summed E-state index contributed by atoms with van der Waals surface area (Å²) in [7, 11) is 0. The first-order chi connectivity index (χ1) is 5.16. The van der Waals surface area contributed by atoms with E-state index in [0.717, 1.165) is 5.03 Å². The second kappa shape index (κ2) is 4.12. The van der Waals surface area contributed by atoms with E-state index < -0.39 is 5.06 Å². The average molecular weight is 305 g/mol. The van der Waals surface area contributed by atoms with Crippen molar-refractivity contribution in [3.8, 4) is 0 Å². The first-order valence-corrected chi connectivity index (χ1v) is 5.38. The highest BCUT2D eigenvalue weighted by molar-refractivity contribution is 14.1. The third kappa shape index (κ3) is 2.93. The van der Waals surface area contributed by atoms with E-state index in [-0.39, 0.29) is 0 Å². The third-order valence-electron chi connectivity index (χ3n) is 1.36. The highest BCUT2D eigenvalue weighted by atomic mass is 127. The van der Waals surface area contributed by atoms with Gasteiger partial charge in [0.05, 0.1) is 0 Å². The molecule has 1 aliphatic rings. The van der Waals surface area contributed by atoms with E-state index >= 15 is 0 Å². The van der Waals surface area contributed by atoms with Crippen LogP contribution in [0.5, 0.6) is 0 Å². The van der Waals surface area contributed by atoms with Crippen LogP contribution < -0.4 is 0 Å². The van der Waals surface area contributed by atoms with Gasteiger partial charge in [-0.15, -0.1) is 0 Å². The lowest BCUT2D eigenvalue weighted by Crippen LogP contribution is -2.22. The number of hydrogen-bond acceptors (Lipinski definition) is 1. The van der Waals surface area contributed by atoms with Gasteiger partial charge in [-0.3, -0.25) is 0 Å². The maximum atomic E-state index is 6.02. The predicted molar refractivity (Wildman–Crippen MR) is 56.2 cm³/mol. The molecule has 1 aliphatic carbocycles. The van der Waals surface area contributed by atoms with Gasteiger partial charge in [0, 0.05) is 11.5 Å². The number of hydrogen-bond donors (Lipinski definition) is 0. The lowest BCUT2D eigenvalue weighted by molar-refractivity contribution is 0.0996. The molecule has 0 radical (unpaired) electrons. The van der Waals surface area contributed by atoms with Gasteiger partial charge in [0.1, 0.15) is 4.61 Å². The summed E-state index contributed by atoms with van der Waals surface area (Å²) in [5.74, 6) is 0. The Balaban J connectivity index is 2.58. The molecule has 1 atom stereocenters. The van der Waals surface area contributed by atoms with Gasteiger partial charge < -0.3 is 4.74 Å². The molecule has 4 heteroatoms. The van der Waals surface area contributed by atoms with Crippen LogP contribution in [0.15, 0.2) is 23.3 Å². The molecule has 0 aromatic heterocycles. The molecule has 0 aromatic rings. The molecule has 0 N–H and O–H groups in total. The Hall–Kier alpha value is 0.750. The van der Waals surface area contributed by atoms with Crippen LogP contribution >= 0.6 is 45.8 Å². The quantitative estimate of drug-likeness (QED) is 0.561. The molecule has 0 bridgehead atoms. The summed E-state index contributed by atoms with van der Waals surface area (Å²) in [5.41, 5.74) is 0. The van der Waals surface area contributed by atoms with Crippen molar-refractivity contribution in [2.24, 2.45) is 0 Å². The summed E-state index contributed by atoms with van der Waals surface area (Å²) in [5, 5.41) is 0.0536. The number of halogens is 3. The fourth-order valence-corrected chi connectivity index (χ4v) is 1.85. The number of alkyl halides is 2. The minimum absolute atomic E-state index is 0.580. The SMILES string of the molecule is ClC1=CCC(Cl)(OCI)C=C1. The van der Waals surface area contributed by atoms with Crippen LogP contribution in [0.2, 0.25) is 0 Å². The number of rotatable bonds is 2. The summed E-state index contributed by atoms with van der Waals surface area (Å²) in [4.78, 5) is 0. The van der Waals surface area contributed by atoms with E-state index in [4.69, 9.17) is 27.9 Å². The minimum atomic E-state index is -0.667. The smallest absolute Gasteiger partial charge is 0.165 e. The Morgan fingerprint density at radius 1 is 1.73 bits per heavy atom. The number of ether oxygens (including phenoxy) is 1. The fraction of sp³-hybridized carbons (Fsp3) is 0.429. The molecule has 1 nitrogen and oxygen atoms in total. The van der Waals surface area contributed by atoms with Crippen molar-refractivity contribution in [3.05, 3.63) is 23.3 Å². The van der Waals surface area contributed by atoms with E-state index in [0.29, 0.717) is 11.0 Å². The van der Waals surface area contributed by atoms with Crippen LogP contribution in [0.1, 0.15) is 6.42 Å². The molecular formula is C7H7Cl2IO. The monoisotopic (exact) mass is 304 g/mol. The van der Waals surface area contributed by atoms with Gasteiger partial charge in [-0.05, 0) is 12.2 Å². The molecule has 62 valence electrons. The van der Waals surface area contributed by atoms with E-state index in [1.165, 1.54) is 0 Å². The van der Waals surface area contributed by atoms with E-state index in [9.17, 15) is 0 Å². The molecule has 0 saturated carbocycles. The third-order valence-corrected chi connectivity index (χ3v) is 2.34. The lowest BCUT2D eigenvalue weighted by Gasteiger charge is -2.23. The lowest BCUT2D eigenvalue weighted by atomic mass is 10.1. The summed E-state index contributed by atoms with van der Waals surface area (Å²) >= 11 is 13.8. The van der Waals surface area contributed by atoms with Crippen LogP contribution in [-0.4, -0.2) is 9.67 Å². The summed E-state index contributed by atoms with van der Waals surface area (Å²) in [6.07, 6.45) is 6.01. The van der Waals surface area contributed by atoms with Crippen LogP contribution in [0.3, 0.4) is 0 Å². The molecular weight excluding hydrogens is 298 g/mol. The predicted octanol–water partition coefficient (Wildman–Crippen LogP) is 3.41. The second-order valence-corrected chi connectivity index (χ2v) is 3.87. The average Bonchev–Trinajstić information content (AvgIpc) is 1.97. The maximum Gasteiger partial charge on any atom is 0.165 e. The number of allylic oxidation sites excluding steroid dienone is 2. The molecule has 0 fully saturated rings. The van der Waals surface area contributed by atoms with Gasteiger partial charge in [-0.1, -0.05) is 51.9 Å². The van der Waals surface area contributed by atoms with E-state index in [1.54, 1.807) is 12.2 Å². The van der Waals surface area contributed by atoms with Crippen LogP contribution in [0.4, 0.5) is 0 Å². The fourth-order valence-electron chi connectivity index (χ4n) is 0.775.